The monoisotopic (exact) mass is 255 g/mol. The third-order valence-electron chi connectivity index (χ3n) is 3.78. The summed E-state index contributed by atoms with van der Waals surface area (Å²) in [6.07, 6.45) is 4.12. The van der Waals surface area contributed by atoms with Crippen molar-refractivity contribution in [1.82, 2.24) is 0 Å². The number of hydrogen-bond donors (Lipinski definition) is 0. The van der Waals surface area contributed by atoms with E-state index in [4.69, 9.17) is 4.74 Å². The van der Waals surface area contributed by atoms with Crippen LogP contribution in [-0.2, 0) is 10.9 Å². The number of ether oxygens (including phenoxy) is 1. The minimum atomic E-state index is 0.222. The van der Waals surface area contributed by atoms with Crippen molar-refractivity contribution in [2.24, 2.45) is 0 Å². The molecule has 0 amide bonds. The van der Waals surface area contributed by atoms with E-state index in [0.717, 1.165) is 16.7 Å². The zero-order valence-corrected chi connectivity index (χ0v) is 11.0. The van der Waals surface area contributed by atoms with E-state index in [1.807, 2.05) is 0 Å². The Morgan fingerprint density at radius 3 is 1.89 bits per heavy atom. The molecule has 0 aromatic heterocycles. The van der Waals surface area contributed by atoms with Gasteiger partial charge in [-0.3, -0.25) is 0 Å². The molecule has 1 saturated carbocycles. The number of rotatable bonds is 1. The minimum Gasteiger partial charge on any atom is -0.447 e. The van der Waals surface area contributed by atoms with Crippen molar-refractivity contribution in [2.75, 3.05) is 0 Å². The van der Waals surface area contributed by atoms with E-state index in [9.17, 15) is 0 Å². The molecule has 0 radical (unpaired) electrons. The van der Waals surface area contributed by atoms with E-state index in [1.165, 1.54) is 29.1 Å². The van der Waals surface area contributed by atoms with Crippen LogP contribution in [0, 0.1) is 0 Å². The van der Waals surface area contributed by atoms with Gasteiger partial charge in [-0.2, -0.15) is 0 Å². The van der Waals surface area contributed by atoms with Crippen LogP contribution in [0.15, 0.2) is 58.3 Å². The summed E-state index contributed by atoms with van der Waals surface area (Å²) in [6, 6.07) is 17.1. The van der Waals surface area contributed by atoms with Gasteiger partial charge in [0.15, 0.2) is 11.5 Å². The van der Waals surface area contributed by atoms with Gasteiger partial charge in [-0.1, -0.05) is 24.3 Å². The fourth-order valence-electron chi connectivity index (χ4n) is 2.63. The molecule has 2 aromatic carbocycles. The second-order valence-corrected chi connectivity index (χ2v) is 7.11. The van der Waals surface area contributed by atoms with Gasteiger partial charge in [0.1, 0.15) is 5.25 Å². The van der Waals surface area contributed by atoms with Gasteiger partial charge in [0.25, 0.3) is 0 Å². The first-order valence-electron chi connectivity index (χ1n) is 6.52. The van der Waals surface area contributed by atoms with E-state index in [0.29, 0.717) is 0 Å². The van der Waals surface area contributed by atoms with E-state index >= 15 is 0 Å². The zero-order chi connectivity index (χ0) is 11.9. The maximum atomic E-state index is 6.03. The Kier molecular flexibility index (Phi) is 2.37. The second kappa shape index (κ2) is 4.06. The summed E-state index contributed by atoms with van der Waals surface area (Å²) in [4.78, 5) is 2.81. The number of para-hydroxylation sites is 2. The van der Waals surface area contributed by atoms with Crippen LogP contribution in [0.3, 0.4) is 0 Å². The molecule has 1 nitrogen and oxygen atoms in total. The molecule has 0 saturated heterocycles. The lowest BCUT2D eigenvalue weighted by atomic mass is 10.00. The van der Waals surface area contributed by atoms with E-state index in [1.54, 1.807) is 0 Å². The van der Waals surface area contributed by atoms with Crippen molar-refractivity contribution in [3.05, 3.63) is 48.5 Å². The van der Waals surface area contributed by atoms with Crippen molar-refractivity contribution in [3.8, 4) is 11.5 Å². The number of fused-ring (bicyclic) bond motifs is 2. The van der Waals surface area contributed by atoms with Crippen LogP contribution in [0.4, 0.5) is 0 Å². The van der Waals surface area contributed by atoms with E-state index in [-0.39, 0.29) is 10.9 Å². The summed E-state index contributed by atoms with van der Waals surface area (Å²) in [6.45, 7) is 0. The lowest BCUT2D eigenvalue weighted by molar-refractivity contribution is 0.447. The molecule has 1 fully saturated rings. The summed E-state index contributed by atoms with van der Waals surface area (Å²) in [5.41, 5.74) is 0. The molecule has 1 heterocycles. The molecule has 0 bridgehead atoms. The van der Waals surface area contributed by atoms with Crippen molar-refractivity contribution >= 4 is 10.9 Å². The van der Waals surface area contributed by atoms with Crippen molar-refractivity contribution in [2.45, 2.75) is 34.3 Å². The molecule has 2 aromatic rings. The van der Waals surface area contributed by atoms with Gasteiger partial charge >= 0.3 is 0 Å². The average Bonchev–Trinajstić information content (AvgIpc) is 2.36. The molecule has 90 valence electrons. The Bertz CT molecular complexity index is 544. The van der Waals surface area contributed by atoms with Crippen LogP contribution in [-0.4, -0.2) is 5.25 Å². The van der Waals surface area contributed by atoms with Gasteiger partial charge in [0, 0.05) is 0 Å². The van der Waals surface area contributed by atoms with Crippen LogP contribution in [0.2, 0.25) is 0 Å². The third kappa shape index (κ3) is 1.49. The highest BCUT2D eigenvalue weighted by Crippen LogP contribution is 2.48. The largest absolute Gasteiger partial charge is 0.447 e. The molecule has 1 aliphatic carbocycles. The van der Waals surface area contributed by atoms with E-state index in [2.05, 4.69) is 48.5 Å². The van der Waals surface area contributed by atoms with Crippen molar-refractivity contribution in [3.63, 3.8) is 0 Å². The highest BCUT2D eigenvalue weighted by molar-refractivity contribution is 7.97. The lowest BCUT2D eigenvalue weighted by Crippen LogP contribution is -2.30. The summed E-state index contributed by atoms with van der Waals surface area (Å²) in [5.74, 6) is 2.12. The maximum absolute atomic E-state index is 6.03. The standard InChI is InChI=1S/C16H15OS/c1-3-10-15-13(8-1)17-14-9-2-4-11-16(14)18(15)12-6-5-7-12/h1-4,8-12H,5-7H2/q+1. The zero-order valence-electron chi connectivity index (χ0n) is 10.1. The molecule has 0 unspecified atom stereocenters. The molecule has 0 atom stereocenters. The van der Waals surface area contributed by atoms with E-state index < -0.39 is 0 Å². The van der Waals surface area contributed by atoms with Crippen LogP contribution >= 0.6 is 0 Å². The summed E-state index contributed by atoms with van der Waals surface area (Å²) in [5, 5.41) is 0.830. The maximum Gasteiger partial charge on any atom is 0.203 e. The minimum absolute atomic E-state index is 0.222. The molecule has 1 aliphatic heterocycles. The third-order valence-corrected chi connectivity index (χ3v) is 6.54. The first-order chi connectivity index (χ1) is 8.93. The van der Waals surface area contributed by atoms with Crippen LogP contribution in [0.25, 0.3) is 0 Å². The molecule has 2 aliphatic rings. The Labute approximate surface area is 110 Å². The summed E-state index contributed by atoms with van der Waals surface area (Å²) >= 11 is 0. The Balaban J connectivity index is 1.89. The lowest BCUT2D eigenvalue weighted by Gasteiger charge is -2.29. The highest BCUT2D eigenvalue weighted by Gasteiger charge is 2.45. The first-order valence-corrected chi connectivity index (χ1v) is 7.81. The number of hydrogen-bond acceptors (Lipinski definition) is 1. The van der Waals surface area contributed by atoms with Gasteiger partial charge in [-0.15, -0.1) is 0 Å². The first kappa shape index (κ1) is 10.5. The summed E-state index contributed by atoms with van der Waals surface area (Å²) < 4.78 is 6.03. The predicted molar refractivity (Wildman–Crippen MR) is 74.5 cm³/mol. The topological polar surface area (TPSA) is 9.23 Å². The fourth-order valence-corrected chi connectivity index (χ4v) is 5.50. The molecule has 18 heavy (non-hydrogen) atoms. The molecule has 0 spiro atoms. The van der Waals surface area contributed by atoms with Crippen LogP contribution in [0.1, 0.15) is 19.3 Å². The average molecular weight is 255 g/mol. The van der Waals surface area contributed by atoms with Gasteiger partial charge < -0.3 is 4.74 Å². The predicted octanol–water partition coefficient (Wildman–Crippen LogP) is 4.38. The molecule has 4 rings (SSSR count). The van der Waals surface area contributed by atoms with Gasteiger partial charge in [-0.25, -0.2) is 0 Å². The Morgan fingerprint density at radius 2 is 1.39 bits per heavy atom. The molecule has 2 heteroatoms. The van der Waals surface area contributed by atoms with Crippen molar-refractivity contribution < 1.29 is 4.74 Å². The fraction of sp³-hybridized carbons (Fsp3) is 0.250. The highest BCUT2D eigenvalue weighted by atomic mass is 32.2. The quantitative estimate of drug-likeness (QED) is 0.687. The smallest absolute Gasteiger partial charge is 0.203 e. The number of benzene rings is 2. The molecular formula is C16H15OS+. The van der Waals surface area contributed by atoms with Crippen molar-refractivity contribution in [1.29, 1.82) is 0 Å². The Morgan fingerprint density at radius 1 is 0.833 bits per heavy atom. The van der Waals surface area contributed by atoms with Gasteiger partial charge in [-0.05, 0) is 43.5 Å². The normalized spacial score (nSPS) is 18.4. The van der Waals surface area contributed by atoms with Crippen LogP contribution < -0.4 is 4.74 Å². The SMILES string of the molecule is c1ccc2c(c1)Oc1ccccc1[S+]2C1CCC1. The van der Waals surface area contributed by atoms with Crippen LogP contribution in [0.5, 0.6) is 11.5 Å². The van der Waals surface area contributed by atoms with Gasteiger partial charge in [0.05, 0.1) is 10.9 Å². The summed E-state index contributed by atoms with van der Waals surface area (Å²) in [7, 11) is 0.222. The Hall–Kier alpha value is -1.41. The second-order valence-electron chi connectivity index (χ2n) is 4.89. The molecule has 0 N–H and O–H groups in total. The van der Waals surface area contributed by atoms with Gasteiger partial charge in [0.2, 0.25) is 9.79 Å². The molecular weight excluding hydrogens is 240 g/mol.